The number of nitriles is 1. The van der Waals surface area contributed by atoms with Crippen molar-refractivity contribution in [1.82, 2.24) is 4.98 Å². The minimum absolute atomic E-state index is 0.320. The molecule has 0 atom stereocenters. The number of nitrogens with two attached hydrogens (primary N) is 1. The molecule has 2 aromatic rings. The lowest BCUT2D eigenvalue weighted by molar-refractivity contribution is 0.459. The van der Waals surface area contributed by atoms with Crippen LogP contribution in [0.3, 0.4) is 0 Å². The lowest BCUT2D eigenvalue weighted by atomic mass is 10.1. The summed E-state index contributed by atoms with van der Waals surface area (Å²) in [5, 5.41) is 9.13. The summed E-state index contributed by atoms with van der Waals surface area (Å²) in [5.41, 5.74) is 8.39. The maximum Gasteiger partial charge on any atom is 0.237 e. The molecular weight excluding hydrogens is 226 g/mol. The van der Waals surface area contributed by atoms with Gasteiger partial charge in [0.15, 0.2) is 0 Å². The van der Waals surface area contributed by atoms with E-state index in [9.17, 15) is 0 Å². The summed E-state index contributed by atoms with van der Waals surface area (Å²) >= 11 is 0. The van der Waals surface area contributed by atoms with Crippen molar-refractivity contribution >= 4 is 5.69 Å². The number of ether oxygens (including phenoxy) is 1. The number of nitrogen functional groups attached to an aromatic ring is 1. The number of aromatic nitrogens is 1. The highest BCUT2D eigenvalue weighted by molar-refractivity contribution is 5.49. The van der Waals surface area contributed by atoms with Crippen LogP contribution >= 0.6 is 0 Å². The van der Waals surface area contributed by atoms with Crippen LogP contribution < -0.4 is 10.5 Å². The first kappa shape index (κ1) is 11.9. The Bertz CT molecular complexity index is 629. The first-order chi connectivity index (χ1) is 8.60. The van der Waals surface area contributed by atoms with Crippen LogP contribution in [0.15, 0.2) is 30.3 Å². The average molecular weight is 239 g/mol. The van der Waals surface area contributed by atoms with Gasteiger partial charge in [0, 0.05) is 17.4 Å². The number of hydrogen-bond acceptors (Lipinski definition) is 4. The zero-order chi connectivity index (χ0) is 13.1. The molecule has 18 heavy (non-hydrogen) atoms. The number of hydrogen-bond donors (Lipinski definition) is 1. The maximum atomic E-state index is 9.13. The Hall–Kier alpha value is -2.54. The Morgan fingerprint density at radius 2 is 2.06 bits per heavy atom. The molecule has 4 nitrogen and oxygen atoms in total. The van der Waals surface area contributed by atoms with Crippen LogP contribution in [0.25, 0.3) is 0 Å². The summed E-state index contributed by atoms with van der Waals surface area (Å²) in [6.07, 6.45) is 0. The van der Waals surface area contributed by atoms with E-state index in [0.29, 0.717) is 22.9 Å². The van der Waals surface area contributed by atoms with Gasteiger partial charge >= 0.3 is 0 Å². The molecule has 0 unspecified atom stereocenters. The van der Waals surface area contributed by atoms with E-state index in [1.54, 1.807) is 24.3 Å². The van der Waals surface area contributed by atoms with Gasteiger partial charge in [-0.05, 0) is 37.6 Å². The molecule has 0 aliphatic rings. The molecule has 90 valence electrons. The van der Waals surface area contributed by atoms with Crippen LogP contribution in [-0.4, -0.2) is 4.98 Å². The van der Waals surface area contributed by atoms with E-state index < -0.39 is 0 Å². The maximum absolute atomic E-state index is 9.13. The van der Waals surface area contributed by atoms with E-state index in [2.05, 4.69) is 11.1 Å². The average Bonchev–Trinajstić information content (AvgIpc) is 2.28. The number of aryl methyl sites for hydroxylation is 2. The number of anilines is 1. The predicted molar refractivity (Wildman–Crippen MR) is 69.4 cm³/mol. The van der Waals surface area contributed by atoms with Gasteiger partial charge in [0.1, 0.15) is 17.4 Å². The first-order valence-electron chi connectivity index (χ1n) is 5.52. The molecule has 0 saturated carbocycles. The summed E-state index contributed by atoms with van der Waals surface area (Å²) in [6, 6.07) is 11.0. The van der Waals surface area contributed by atoms with Gasteiger partial charge in [-0.2, -0.15) is 5.26 Å². The minimum atomic E-state index is 0.320. The van der Waals surface area contributed by atoms with Crippen molar-refractivity contribution < 1.29 is 4.74 Å². The number of benzene rings is 1. The van der Waals surface area contributed by atoms with Gasteiger partial charge in [0.25, 0.3) is 0 Å². The molecule has 0 aliphatic carbocycles. The van der Waals surface area contributed by atoms with Gasteiger partial charge in [-0.25, -0.2) is 4.98 Å². The lowest BCUT2D eigenvalue weighted by Crippen LogP contribution is -1.97. The molecule has 1 aromatic carbocycles. The van der Waals surface area contributed by atoms with Gasteiger partial charge in [0.05, 0.1) is 0 Å². The van der Waals surface area contributed by atoms with Crippen LogP contribution in [0, 0.1) is 25.2 Å². The van der Waals surface area contributed by atoms with Crippen molar-refractivity contribution in [2.75, 3.05) is 5.73 Å². The van der Waals surface area contributed by atoms with Crippen molar-refractivity contribution in [3.05, 3.63) is 47.2 Å². The Morgan fingerprint density at radius 3 is 2.72 bits per heavy atom. The topological polar surface area (TPSA) is 71.9 Å². The van der Waals surface area contributed by atoms with E-state index in [-0.39, 0.29) is 0 Å². The standard InChI is InChI=1S/C14H13N3O/c1-9-6-10(2)17-14(13(9)8-15)18-12-5-3-4-11(16)7-12/h3-7H,16H2,1-2H3. The summed E-state index contributed by atoms with van der Waals surface area (Å²) in [7, 11) is 0. The van der Waals surface area contributed by atoms with E-state index >= 15 is 0 Å². The molecular formula is C14H13N3O. The quantitative estimate of drug-likeness (QED) is 0.818. The summed E-state index contributed by atoms with van der Waals surface area (Å²) in [6.45, 7) is 3.72. The van der Waals surface area contributed by atoms with E-state index in [1.165, 1.54) is 0 Å². The smallest absolute Gasteiger partial charge is 0.237 e. The molecule has 4 heteroatoms. The monoisotopic (exact) mass is 239 g/mol. The molecule has 0 saturated heterocycles. The number of rotatable bonds is 2. The van der Waals surface area contributed by atoms with E-state index in [4.69, 9.17) is 15.7 Å². The summed E-state index contributed by atoms with van der Waals surface area (Å²) < 4.78 is 5.63. The van der Waals surface area contributed by atoms with Gasteiger partial charge in [-0.15, -0.1) is 0 Å². The zero-order valence-electron chi connectivity index (χ0n) is 10.3. The van der Waals surface area contributed by atoms with Crippen molar-refractivity contribution in [2.45, 2.75) is 13.8 Å². The second-order valence-electron chi connectivity index (χ2n) is 4.05. The van der Waals surface area contributed by atoms with Crippen molar-refractivity contribution in [2.24, 2.45) is 0 Å². The Labute approximate surface area is 106 Å². The molecule has 1 heterocycles. The third-order valence-electron chi connectivity index (χ3n) is 2.50. The van der Waals surface area contributed by atoms with Crippen LogP contribution in [0.1, 0.15) is 16.8 Å². The van der Waals surface area contributed by atoms with E-state index in [0.717, 1.165) is 11.3 Å². The van der Waals surface area contributed by atoms with Crippen LogP contribution in [0.5, 0.6) is 11.6 Å². The van der Waals surface area contributed by atoms with Crippen molar-refractivity contribution in [3.8, 4) is 17.7 Å². The van der Waals surface area contributed by atoms with Crippen LogP contribution in [0.2, 0.25) is 0 Å². The van der Waals surface area contributed by atoms with Gasteiger partial charge < -0.3 is 10.5 Å². The Kier molecular flexibility index (Phi) is 3.16. The van der Waals surface area contributed by atoms with Gasteiger partial charge in [-0.1, -0.05) is 6.07 Å². The fourth-order valence-corrected chi connectivity index (χ4v) is 1.70. The number of nitrogens with zero attached hydrogens (tertiary/aromatic N) is 2. The van der Waals surface area contributed by atoms with Gasteiger partial charge in [0.2, 0.25) is 5.88 Å². The van der Waals surface area contributed by atoms with Crippen LogP contribution in [-0.2, 0) is 0 Å². The lowest BCUT2D eigenvalue weighted by Gasteiger charge is -2.09. The van der Waals surface area contributed by atoms with Gasteiger partial charge in [-0.3, -0.25) is 0 Å². The molecule has 0 aliphatic heterocycles. The molecule has 0 amide bonds. The second kappa shape index (κ2) is 4.76. The molecule has 0 fully saturated rings. The minimum Gasteiger partial charge on any atom is -0.438 e. The highest BCUT2D eigenvalue weighted by atomic mass is 16.5. The third-order valence-corrected chi connectivity index (χ3v) is 2.50. The summed E-state index contributed by atoms with van der Waals surface area (Å²) in [5.74, 6) is 0.893. The normalized spacial score (nSPS) is 9.83. The van der Waals surface area contributed by atoms with Crippen molar-refractivity contribution in [3.63, 3.8) is 0 Å². The fraction of sp³-hybridized carbons (Fsp3) is 0.143. The van der Waals surface area contributed by atoms with Crippen LogP contribution in [0.4, 0.5) is 5.69 Å². The Balaban J connectivity index is 2.43. The number of pyridine rings is 1. The molecule has 0 radical (unpaired) electrons. The van der Waals surface area contributed by atoms with E-state index in [1.807, 2.05) is 19.9 Å². The molecule has 2 rings (SSSR count). The zero-order valence-corrected chi connectivity index (χ0v) is 10.3. The fourth-order valence-electron chi connectivity index (χ4n) is 1.70. The third kappa shape index (κ3) is 2.41. The molecule has 1 aromatic heterocycles. The SMILES string of the molecule is Cc1cc(C)c(C#N)c(Oc2cccc(N)c2)n1. The molecule has 0 spiro atoms. The summed E-state index contributed by atoms with van der Waals surface area (Å²) in [4.78, 5) is 4.24. The molecule has 2 N–H and O–H groups in total. The predicted octanol–water partition coefficient (Wildman–Crippen LogP) is 2.94. The second-order valence-corrected chi connectivity index (χ2v) is 4.05. The Morgan fingerprint density at radius 1 is 1.28 bits per heavy atom. The van der Waals surface area contributed by atoms with Crippen molar-refractivity contribution in [1.29, 1.82) is 5.26 Å². The highest BCUT2D eigenvalue weighted by Gasteiger charge is 2.10. The first-order valence-corrected chi connectivity index (χ1v) is 5.52. The largest absolute Gasteiger partial charge is 0.438 e. The highest BCUT2D eigenvalue weighted by Crippen LogP contribution is 2.26. The molecule has 0 bridgehead atoms.